The van der Waals surface area contributed by atoms with Gasteiger partial charge in [-0.3, -0.25) is 9.89 Å². The number of pyridine rings is 1. The minimum absolute atomic E-state index is 0.0387. The Balaban J connectivity index is 1.62. The molecule has 1 aliphatic heterocycles. The lowest BCUT2D eigenvalue weighted by Gasteiger charge is -2.41. The van der Waals surface area contributed by atoms with Crippen molar-refractivity contribution in [3.05, 3.63) is 58.9 Å². The van der Waals surface area contributed by atoms with Gasteiger partial charge in [-0.05, 0) is 31.9 Å². The molecule has 1 amide bonds. The number of aromatic nitrogens is 3. The molecule has 5 nitrogen and oxygen atoms in total. The zero-order valence-corrected chi connectivity index (χ0v) is 13.2. The molecule has 3 heterocycles. The summed E-state index contributed by atoms with van der Waals surface area (Å²) >= 11 is 0. The van der Waals surface area contributed by atoms with E-state index < -0.39 is 0 Å². The van der Waals surface area contributed by atoms with Crippen molar-refractivity contribution in [1.29, 1.82) is 0 Å². The van der Waals surface area contributed by atoms with Crippen LogP contribution in [0.1, 0.15) is 39.6 Å². The molecule has 2 aromatic heterocycles. The molecule has 0 bridgehead atoms. The number of nitrogens with zero attached hydrogens (tertiary/aromatic N) is 3. The molecule has 5 heteroatoms. The van der Waals surface area contributed by atoms with Crippen LogP contribution >= 0.6 is 0 Å². The molecule has 4 rings (SSSR count). The molecule has 3 aromatic rings. The number of fused-ring (bicyclic) bond motifs is 1. The van der Waals surface area contributed by atoms with Crippen LogP contribution in [0.5, 0.6) is 0 Å². The van der Waals surface area contributed by atoms with Crippen molar-refractivity contribution in [3.63, 3.8) is 0 Å². The highest BCUT2D eigenvalue weighted by Gasteiger charge is 2.34. The molecule has 0 spiro atoms. The molecule has 1 saturated heterocycles. The highest BCUT2D eigenvalue weighted by atomic mass is 16.2. The Bertz CT molecular complexity index is 882. The Kier molecular flexibility index (Phi) is 3.15. The number of hydrogen-bond acceptors (Lipinski definition) is 3. The topological polar surface area (TPSA) is 61.9 Å². The summed E-state index contributed by atoms with van der Waals surface area (Å²) in [5, 5.41) is 7.92. The van der Waals surface area contributed by atoms with Crippen LogP contribution in [0.15, 0.2) is 36.5 Å². The highest BCUT2D eigenvalue weighted by Crippen LogP contribution is 2.34. The lowest BCUT2D eigenvalue weighted by Crippen LogP contribution is -2.45. The molecule has 1 aromatic carbocycles. The van der Waals surface area contributed by atoms with Crippen molar-refractivity contribution >= 4 is 16.9 Å². The van der Waals surface area contributed by atoms with E-state index in [0.29, 0.717) is 11.2 Å². The summed E-state index contributed by atoms with van der Waals surface area (Å²) in [6, 6.07) is 10.5. The average molecular weight is 306 g/mol. The summed E-state index contributed by atoms with van der Waals surface area (Å²) in [4.78, 5) is 19.0. The maximum Gasteiger partial charge on any atom is 0.255 e. The molecular formula is C18H18N4O. The van der Waals surface area contributed by atoms with E-state index in [-0.39, 0.29) is 11.9 Å². The van der Waals surface area contributed by atoms with E-state index in [1.54, 1.807) is 6.20 Å². The standard InChI is InChI=1S/C18H18N4O/c1-11-3-5-13(6-4-11)16-7-8-22(16)18(23)14-9-15-12(2)20-21-17(15)19-10-14/h3-6,9-10,16H,7-8H2,1-2H3,(H,19,20,21). The number of nitrogens with one attached hydrogen (secondary N) is 1. The monoisotopic (exact) mass is 306 g/mol. The first-order valence-corrected chi connectivity index (χ1v) is 7.82. The number of benzene rings is 1. The first kappa shape index (κ1) is 13.9. The molecule has 1 N–H and O–H groups in total. The van der Waals surface area contributed by atoms with Crippen LogP contribution in [0.25, 0.3) is 11.0 Å². The van der Waals surface area contributed by atoms with Gasteiger partial charge in [0.2, 0.25) is 0 Å². The molecule has 1 aliphatic rings. The third-order valence-electron chi connectivity index (χ3n) is 4.59. The molecule has 0 radical (unpaired) electrons. The first-order chi connectivity index (χ1) is 11.1. The number of H-pyrrole nitrogens is 1. The minimum Gasteiger partial charge on any atom is -0.331 e. The maximum absolute atomic E-state index is 12.8. The second-order valence-corrected chi connectivity index (χ2v) is 6.16. The molecule has 1 fully saturated rings. The van der Waals surface area contributed by atoms with E-state index in [4.69, 9.17) is 0 Å². The third kappa shape index (κ3) is 2.29. The van der Waals surface area contributed by atoms with Gasteiger partial charge in [0.15, 0.2) is 5.65 Å². The van der Waals surface area contributed by atoms with Crippen LogP contribution in [0.2, 0.25) is 0 Å². The van der Waals surface area contributed by atoms with Crippen molar-refractivity contribution in [2.45, 2.75) is 26.3 Å². The first-order valence-electron chi connectivity index (χ1n) is 7.82. The van der Waals surface area contributed by atoms with E-state index in [9.17, 15) is 4.79 Å². The fourth-order valence-electron chi connectivity index (χ4n) is 3.07. The van der Waals surface area contributed by atoms with Crippen LogP contribution in [0, 0.1) is 13.8 Å². The molecule has 23 heavy (non-hydrogen) atoms. The SMILES string of the molecule is Cc1ccc(C2CCN2C(=O)c2cnc3n[nH]c(C)c3c2)cc1. The van der Waals surface area contributed by atoms with Gasteiger partial charge in [0.05, 0.1) is 11.6 Å². The number of aryl methyl sites for hydroxylation is 2. The van der Waals surface area contributed by atoms with Crippen LogP contribution in [-0.4, -0.2) is 32.5 Å². The Morgan fingerprint density at radius 2 is 2.04 bits per heavy atom. The fraction of sp³-hybridized carbons (Fsp3) is 0.278. The van der Waals surface area contributed by atoms with Gasteiger partial charge in [-0.25, -0.2) is 4.98 Å². The highest BCUT2D eigenvalue weighted by molar-refractivity contribution is 5.97. The van der Waals surface area contributed by atoms with Gasteiger partial charge in [-0.15, -0.1) is 0 Å². The quantitative estimate of drug-likeness (QED) is 0.791. The van der Waals surface area contributed by atoms with Gasteiger partial charge in [-0.2, -0.15) is 5.10 Å². The number of hydrogen-bond donors (Lipinski definition) is 1. The van der Waals surface area contributed by atoms with Gasteiger partial charge in [0.1, 0.15) is 0 Å². The smallest absolute Gasteiger partial charge is 0.255 e. The second kappa shape index (κ2) is 5.19. The van der Waals surface area contributed by atoms with Crippen molar-refractivity contribution in [2.24, 2.45) is 0 Å². The molecule has 0 saturated carbocycles. The van der Waals surface area contributed by atoms with E-state index in [1.165, 1.54) is 11.1 Å². The normalized spacial score (nSPS) is 17.3. The van der Waals surface area contributed by atoms with E-state index in [0.717, 1.165) is 24.0 Å². The number of amides is 1. The summed E-state index contributed by atoms with van der Waals surface area (Å²) in [6.45, 7) is 4.80. The lowest BCUT2D eigenvalue weighted by atomic mass is 9.93. The van der Waals surface area contributed by atoms with Crippen LogP contribution < -0.4 is 0 Å². The largest absolute Gasteiger partial charge is 0.331 e. The Labute approximate surface area is 134 Å². The fourth-order valence-corrected chi connectivity index (χ4v) is 3.07. The van der Waals surface area contributed by atoms with E-state index in [1.807, 2.05) is 17.9 Å². The summed E-state index contributed by atoms with van der Waals surface area (Å²) in [7, 11) is 0. The number of carbonyl (C=O) groups is 1. The molecule has 116 valence electrons. The zero-order chi connectivity index (χ0) is 16.0. The molecule has 0 aliphatic carbocycles. The van der Waals surface area contributed by atoms with Gasteiger partial charge in [0.25, 0.3) is 5.91 Å². The molecule has 1 atom stereocenters. The van der Waals surface area contributed by atoms with Gasteiger partial charge < -0.3 is 4.90 Å². The number of carbonyl (C=O) groups excluding carboxylic acids is 1. The minimum atomic E-state index is 0.0387. The maximum atomic E-state index is 12.8. The van der Waals surface area contributed by atoms with Crippen LogP contribution in [-0.2, 0) is 0 Å². The van der Waals surface area contributed by atoms with Crippen molar-refractivity contribution in [2.75, 3.05) is 6.54 Å². The van der Waals surface area contributed by atoms with Crippen molar-refractivity contribution < 1.29 is 4.79 Å². The Morgan fingerprint density at radius 3 is 2.74 bits per heavy atom. The molecular weight excluding hydrogens is 288 g/mol. The van der Waals surface area contributed by atoms with Gasteiger partial charge in [-0.1, -0.05) is 29.8 Å². The summed E-state index contributed by atoms with van der Waals surface area (Å²) < 4.78 is 0. The number of rotatable bonds is 2. The van der Waals surface area contributed by atoms with Gasteiger partial charge in [0, 0.05) is 23.8 Å². The molecule has 1 unspecified atom stereocenters. The van der Waals surface area contributed by atoms with E-state index in [2.05, 4.69) is 46.4 Å². The van der Waals surface area contributed by atoms with Crippen molar-refractivity contribution in [1.82, 2.24) is 20.1 Å². The zero-order valence-electron chi connectivity index (χ0n) is 13.2. The average Bonchev–Trinajstić information content (AvgIpc) is 2.89. The Hall–Kier alpha value is -2.69. The van der Waals surface area contributed by atoms with E-state index >= 15 is 0 Å². The predicted octanol–water partition coefficient (Wildman–Crippen LogP) is 3.16. The predicted molar refractivity (Wildman–Crippen MR) is 88.2 cm³/mol. The summed E-state index contributed by atoms with van der Waals surface area (Å²) in [6.07, 6.45) is 2.63. The second-order valence-electron chi connectivity index (χ2n) is 6.16. The van der Waals surface area contributed by atoms with Crippen molar-refractivity contribution in [3.8, 4) is 0 Å². The van der Waals surface area contributed by atoms with Crippen LogP contribution in [0.4, 0.5) is 0 Å². The van der Waals surface area contributed by atoms with Gasteiger partial charge >= 0.3 is 0 Å². The number of likely N-dealkylation sites (tertiary alicyclic amines) is 1. The Morgan fingerprint density at radius 1 is 1.26 bits per heavy atom. The number of aromatic amines is 1. The van der Waals surface area contributed by atoms with Crippen LogP contribution in [0.3, 0.4) is 0 Å². The third-order valence-corrected chi connectivity index (χ3v) is 4.59. The summed E-state index contributed by atoms with van der Waals surface area (Å²) in [5.41, 5.74) is 4.64. The summed E-state index contributed by atoms with van der Waals surface area (Å²) in [5.74, 6) is 0.0387. The lowest BCUT2D eigenvalue weighted by molar-refractivity contribution is 0.0460.